The summed E-state index contributed by atoms with van der Waals surface area (Å²) in [5.74, 6) is -1.45. The summed E-state index contributed by atoms with van der Waals surface area (Å²) >= 11 is 0. The number of carbonyl (C=O) groups excluding carboxylic acids is 1. The van der Waals surface area contributed by atoms with Crippen LogP contribution in [0.5, 0.6) is 0 Å². The van der Waals surface area contributed by atoms with Crippen LogP contribution in [-0.2, 0) is 17.8 Å². The fourth-order valence-electron chi connectivity index (χ4n) is 2.43. The zero-order chi connectivity index (χ0) is 14.1. The maximum atomic E-state index is 12.3. The van der Waals surface area contributed by atoms with Gasteiger partial charge in [0.25, 0.3) is 5.91 Å². The Morgan fingerprint density at radius 2 is 2.00 bits per heavy atom. The van der Waals surface area contributed by atoms with E-state index in [1.54, 1.807) is 0 Å². The average Bonchev–Trinajstić information content (AvgIpc) is 2.99. The molecule has 1 atom stereocenters. The Hall–Kier alpha value is -2.63. The lowest BCUT2D eigenvalue weighted by Crippen LogP contribution is -2.48. The third-order valence-electron chi connectivity index (χ3n) is 3.45. The van der Waals surface area contributed by atoms with E-state index in [4.69, 9.17) is 0 Å². The molecule has 2 aromatic rings. The van der Waals surface area contributed by atoms with E-state index in [0.29, 0.717) is 6.42 Å². The number of carboxylic acid groups (broad SMARTS) is 1. The van der Waals surface area contributed by atoms with Crippen LogP contribution in [0.1, 0.15) is 21.6 Å². The van der Waals surface area contributed by atoms with Crippen LogP contribution < -0.4 is 0 Å². The third-order valence-corrected chi connectivity index (χ3v) is 3.45. The predicted octanol–water partition coefficient (Wildman–Crippen LogP) is 1.33. The summed E-state index contributed by atoms with van der Waals surface area (Å²) in [5.41, 5.74) is 2.04. The Morgan fingerprint density at radius 3 is 2.65 bits per heavy atom. The SMILES string of the molecule is O=C(O)C1Cc2ccccc2CN1C(=O)c1ccon1. The molecular weight excluding hydrogens is 260 g/mol. The number of hydrogen-bond acceptors (Lipinski definition) is 4. The van der Waals surface area contributed by atoms with Crippen LogP contribution in [0, 0.1) is 0 Å². The van der Waals surface area contributed by atoms with Gasteiger partial charge in [-0.05, 0) is 11.1 Å². The van der Waals surface area contributed by atoms with Gasteiger partial charge in [0, 0.05) is 19.0 Å². The average molecular weight is 272 g/mol. The van der Waals surface area contributed by atoms with Gasteiger partial charge in [-0.25, -0.2) is 4.79 Å². The number of hydrogen-bond donors (Lipinski definition) is 1. The van der Waals surface area contributed by atoms with Crippen molar-refractivity contribution < 1.29 is 19.2 Å². The minimum absolute atomic E-state index is 0.121. The molecule has 3 rings (SSSR count). The summed E-state index contributed by atoms with van der Waals surface area (Å²) in [6.45, 7) is 0.263. The van der Waals surface area contributed by atoms with Crippen molar-refractivity contribution in [1.82, 2.24) is 10.1 Å². The minimum Gasteiger partial charge on any atom is -0.480 e. The summed E-state index contributed by atoms with van der Waals surface area (Å²) in [4.78, 5) is 25.1. The molecule has 0 saturated carbocycles. The van der Waals surface area contributed by atoms with Crippen LogP contribution in [0.2, 0.25) is 0 Å². The topological polar surface area (TPSA) is 83.6 Å². The van der Waals surface area contributed by atoms with Gasteiger partial charge in [0.2, 0.25) is 0 Å². The molecule has 6 heteroatoms. The van der Waals surface area contributed by atoms with Gasteiger partial charge in [-0.15, -0.1) is 0 Å². The number of fused-ring (bicyclic) bond motifs is 1. The van der Waals surface area contributed by atoms with E-state index in [0.717, 1.165) is 11.1 Å². The molecule has 1 aromatic carbocycles. The molecule has 1 aliphatic heterocycles. The first-order chi connectivity index (χ1) is 9.66. The second-order valence-electron chi connectivity index (χ2n) is 4.64. The summed E-state index contributed by atoms with van der Waals surface area (Å²) in [6, 6.07) is 8.08. The molecule has 2 heterocycles. The highest BCUT2D eigenvalue weighted by atomic mass is 16.5. The molecule has 0 radical (unpaired) electrons. The molecule has 20 heavy (non-hydrogen) atoms. The molecule has 1 N–H and O–H groups in total. The normalized spacial score (nSPS) is 17.6. The van der Waals surface area contributed by atoms with Crippen molar-refractivity contribution in [2.75, 3.05) is 0 Å². The molecule has 1 unspecified atom stereocenters. The van der Waals surface area contributed by atoms with Crippen molar-refractivity contribution in [2.24, 2.45) is 0 Å². The summed E-state index contributed by atoms with van der Waals surface area (Å²) in [5, 5.41) is 12.9. The van der Waals surface area contributed by atoms with Gasteiger partial charge in [0.15, 0.2) is 5.69 Å². The molecule has 0 spiro atoms. The first-order valence-electron chi connectivity index (χ1n) is 6.18. The highest BCUT2D eigenvalue weighted by molar-refractivity contribution is 5.95. The molecule has 1 aliphatic rings. The lowest BCUT2D eigenvalue weighted by atomic mass is 9.93. The highest BCUT2D eigenvalue weighted by Crippen LogP contribution is 2.24. The Bertz CT molecular complexity index is 651. The lowest BCUT2D eigenvalue weighted by molar-refractivity contribution is -0.142. The number of amides is 1. The van der Waals surface area contributed by atoms with E-state index >= 15 is 0 Å². The Morgan fingerprint density at radius 1 is 1.25 bits per heavy atom. The number of nitrogens with zero attached hydrogens (tertiary/aromatic N) is 2. The van der Waals surface area contributed by atoms with E-state index in [2.05, 4.69) is 9.68 Å². The van der Waals surface area contributed by atoms with Crippen LogP contribution in [-0.4, -0.2) is 33.1 Å². The minimum atomic E-state index is -1.02. The van der Waals surface area contributed by atoms with Crippen LogP contribution >= 0.6 is 0 Å². The van der Waals surface area contributed by atoms with Gasteiger partial charge < -0.3 is 14.5 Å². The fourth-order valence-corrected chi connectivity index (χ4v) is 2.43. The van der Waals surface area contributed by atoms with Crippen LogP contribution in [0.15, 0.2) is 41.1 Å². The van der Waals surface area contributed by atoms with Gasteiger partial charge in [-0.3, -0.25) is 4.79 Å². The second kappa shape index (κ2) is 4.80. The van der Waals surface area contributed by atoms with Crippen molar-refractivity contribution in [1.29, 1.82) is 0 Å². The second-order valence-corrected chi connectivity index (χ2v) is 4.64. The van der Waals surface area contributed by atoms with Crippen molar-refractivity contribution >= 4 is 11.9 Å². The molecule has 0 aliphatic carbocycles. The van der Waals surface area contributed by atoms with E-state index in [1.165, 1.54) is 17.2 Å². The van der Waals surface area contributed by atoms with Crippen molar-refractivity contribution in [2.45, 2.75) is 19.0 Å². The predicted molar refractivity (Wildman–Crippen MR) is 67.9 cm³/mol. The van der Waals surface area contributed by atoms with Gasteiger partial charge in [0.05, 0.1) is 0 Å². The number of carboxylic acids is 1. The number of benzene rings is 1. The number of aliphatic carboxylic acids is 1. The lowest BCUT2D eigenvalue weighted by Gasteiger charge is -2.33. The van der Waals surface area contributed by atoms with E-state index in [1.807, 2.05) is 24.3 Å². The third kappa shape index (κ3) is 2.05. The maximum absolute atomic E-state index is 12.3. The van der Waals surface area contributed by atoms with Crippen molar-refractivity contribution in [3.63, 3.8) is 0 Å². The largest absolute Gasteiger partial charge is 0.480 e. The summed E-state index contributed by atoms with van der Waals surface area (Å²) in [7, 11) is 0. The Balaban J connectivity index is 1.96. The standard InChI is InChI=1S/C14H12N2O4/c17-13(11-5-6-20-15-11)16-8-10-4-2-1-3-9(10)7-12(16)14(18)19/h1-6,12H,7-8H2,(H,18,19). The maximum Gasteiger partial charge on any atom is 0.326 e. The molecular formula is C14H12N2O4. The molecule has 6 nitrogen and oxygen atoms in total. The van der Waals surface area contributed by atoms with Gasteiger partial charge in [-0.2, -0.15) is 0 Å². The molecule has 1 aromatic heterocycles. The molecule has 0 bridgehead atoms. The number of carbonyl (C=O) groups is 2. The summed E-state index contributed by atoms with van der Waals surface area (Å²) in [6.07, 6.45) is 1.59. The first kappa shape index (κ1) is 12.4. The van der Waals surface area contributed by atoms with Gasteiger partial charge in [-0.1, -0.05) is 29.4 Å². The first-order valence-corrected chi connectivity index (χ1v) is 6.18. The van der Waals surface area contributed by atoms with E-state index in [-0.39, 0.29) is 12.2 Å². The van der Waals surface area contributed by atoms with Crippen LogP contribution in [0.3, 0.4) is 0 Å². The molecule has 102 valence electrons. The van der Waals surface area contributed by atoms with Gasteiger partial charge in [0.1, 0.15) is 12.3 Å². The van der Waals surface area contributed by atoms with Crippen molar-refractivity contribution in [3.8, 4) is 0 Å². The quantitative estimate of drug-likeness (QED) is 0.891. The number of aromatic nitrogens is 1. The van der Waals surface area contributed by atoms with E-state index in [9.17, 15) is 14.7 Å². The molecule has 0 fully saturated rings. The molecule has 0 saturated heterocycles. The Kier molecular flexibility index (Phi) is 2.98. The highest BCUT2D eigenvalue weighted by Gasteiger charge is 2.35. The Labute approximate surface area is 114 Å². The zero-order valence-electron chi connectivity index (χ0n) is 10.5. The smallest absolute Gasteiger partial charge is 0.326 e. The van der Waals surface area contributed by atoms with E-state index < -0.39 is 17.9 Å². The van der Waals surface area contributed by atoms with Crippen LogP contribution in [0.4, 0.5) is 0 Å². The monoisotopic (exact) mass is 272 g/mol. The summed E-state index contributed by atoms with van der Waals surface area (Å²) < 4.78 is 4.65. The van der Waals surface area contributed by atoms with Crippen LogP contribution in [0.25, 0.3) is 0 Å². The van der Waals surface area contributed by atoms with Gasteiger partial charge >= 0.3 is 5.97 Å². The zero-order valence-corrected chi connectivity index (χ0v) is 10.5. The van der Waals surface area contributed by atoms with Crippen molar-refractivity contribution in [3.05, 3.63) is 53.4 Å². The fraction of sp³-hybridized carbons (Fsp3) is 0.214. The number of rotatable bonds is 2. The molecule has 1 amide bonds.